The van der Waals surface area contributed by atoms with Crippen molar-refractivity contribution in [1.29, 1.82) is 0 Å². The Hall–Kier alpha value is -1.92. The van der Waals surface area contributed by atoms with Gasteiger partial charge in [-0.25, -0.2) is 0 Å². The number of aryl methyl sites for hydroxylation is 1. The van der Waals surface area contributed by atoms with Crippen LogP contribution >= 0.6 is 0 Å². The van der Waals surface area contributed by atoms with Crippen LogP contribution in [0.3, 0.4) is 0 Å². The van der Waals surface area contributed by atoms with Crippen molar-refractivity contribution < 1.29 is 13.9 Å². The number of ether oxygens (including phenoxy) is 2. The molecule has 5 rings (SSSR count). The molecule has 2 aliphatic heterocycles. The first kappa shape index (κ1) is 23.8. The van der Waals surface area contributed by atoms with Gasteiger partial charge in [0.2, 0.25) is 0 Å². The maximum atomic E-state index is 14.7. The molecule has 1 aliphatic carbocycles. The van der Waals surface area contributed by atoms with Gasteiger partial charge < -0.3 is 0 Å². The molecule has 2 aromatic rings. The van der Waals surface area contributed by atoms with E-state index in [9.17, 15) is 4.39 Å². The molecule has 0 bridgehead atoms. The van der Waals surface area contributed by atoms with Crippen LogP contribution in [-0.2, 0) is 11.2 Å². The summed E-state index contributed by atoms with van der Waals surface area (Å²) in [5.74, 6) is 0.183. The van der Waals surface area contributed by atoms with Crippen LogP contribution in [0.1, 0.15) is 37.3 Å². The van der Waals surface area contributed by atoms with E-state index in [1.54, 1.807) is 6.07 Å². The van der Waals surface area contributed by atoms with Crippen LogP contribution in [0.25, 0.3) is 16.7 Å². The van der Waals surface area contributed by atoms with Gasteiger partial charge in [0.25, 0.3) is 0 Å². The van der Waals surface area contributed by atoms with E-state index in [-0.39, 0.29) is 17.8 Å². The van der Waals surface area contributed by atoms with Crippen LogP contribution in [-0.4, -0.2) is 43.9 Å². The van der Waals surface area contributed by atoms with Crippen molar-refractivity contribution in [2.75, 3.05) is 13.7 Å². The van der Waals surface area contributed by atoms with Crippen molar-refractivity contribution in [2.24, 2.45) is 10.9 Å². The fourth-order valence-corrected chi connectivity index (χ4v) is 8.93. The molecule has 0 radical (unpaired) electrons. The Kier molecular flexibility index (Phi) is 6.49. The second kappa shape index (κ2) is 9.27. The van der Waals surface area contributed by atoms with Crippen LogP contribution in [0, 0.1) is 11.7 Å². The van der Waals surface area contributed by atoms with Crippen LogP contribution < -0.4 is 4.74 Å². The molecule has 2 atom stereocenters. The van der Waals surface area contributed by atoms with E-state index in [0.717, 1.165) is 59.5 Å². The molecule has 2 heterocycles. The van der Waals surface area contributed by atoms with Crippen molar-refractivity contribution in [3.63, 3.8) is 0 Å². The molecule has 1 fully saturated rings. The molecule has 5 heteroatoms. The summed E-state index contributed by atoms with van der Waals surface area (Å²) in [5, 5.41) is 0. The molecule has 3 aliphatic rings. The third-order valence-corrected chi connectivity index (χ3v) is 13.2. The van der Waals surface area contributed by atoms with Crippen LogP contribution in [0.4, 0.5) is 10.1 Å². The Balaban J connectivity index is 1.60. The zero-order chi connectivity index (χ0) is 24.0. The van der Waals surface area contributed by atoms with Gasteiger partial charge in [-0.2, -0.15) is 0 Å². The standard InChI is InChI=1S/C26H25FNO2.3CH3.Sn/c1-3-16-14-25(29-2)22(27)15-20(16)17-10-11-23-21(13-17)18-7-6-8-19(26(18)28-23)24-9-4-5-12-30-24;;;;/h7-8,10-11,13-15,19,24H,3-5,9,12H2,1-2H3;3*1H3;. The summed E-state index contributed by atoms with van der Waals surface area (Å²) in [7, 11) is 1.51. The molecular formula is C29H34FNO2Sn. The Morgan fingerprint density at radius 3 is 2.62 bits per heavy atom. The van der Waals surface area contributed by atoms with E-state index in [2.05, 4.69) is 52.1 Å². The van der Waals surface area contributed by atoms with Crippen LogP contribution in [0.15, 0.2) is 51.1 Å². The third-order valence-electron chi connectivity index (χ3n) is 7.33. The molecule has 0 saturated carbocycles. The second-order valence-electron chi connectivity index (χ2n) is 10.6. The summed E-state index contributed by atoms with van der Waals surface area (Å²) < 4.78 is 27.7. The van der Waals surface area contributed by atoms with Gasteiger partial charge >= 0.3 is 207 Å². The van der Waals surface area contributed by atoms with Crippen molar-refractivity contribution >= 4 is 35.3 Å². The molecule has 178 valence electrons. The fourth-order valence-electron chi connectivity index (χ4n) is 5.34. The van der Waals surface area contributed by atoms with Crippen LogP contribution in [0.2, 0.25) is 14.8 Å². The van der Waals surface area contributed by atoms with Gasteiger partial charge in [0.05, 0.1) is 0 Å². The van der Waals surface area contributed by atoms with Gasteiger partial charge in [-0.05, 0) is 0 Å². The summed E-state index contributed by atoms with van der Waals surface area (Å²) in [6.07, 6.45) is 9.35. The summed E-state index contributed by atoms with van der Waals surface area (Å²) >= 11 is -2.35. The number of rotatable bonds is 5. The normalized spacial score (nSPS) is 21.9. The number of fused-ring (bicyclic) bond motifs is 3. The Morgan fingerprint density at radius 2 is 1.94 bits per heavy atom. The predicted octanol–water partition coefficient (Wildman–Crippen LogP) is 7.54. The zero-order valence-corrected chi connectivity index (χ0v) is 23.7. The first-order valence-corrected chi connectivity index (χ1v) is 22.4. The van der Waals surface area contributed by atoms with Crippen molar-refractivity contribution in [1.82, 2.24) is 0 Å². The number of nitrogens with zero attached hydrogens (tertiary/aromatic N) is 1. The average Bonchev–Trinajstić information content (AvgIpc) is 3.21. The van der Waals surface area contributed by atoms with E-state index in [1.165, 1.54) is 22.7 Å². The summed E-state index contributed by atoms with van der Waals surface area (Å²) in [5.41, 5.74) is 7.59. The summed E-state index contributed by atoms with van der Waals surface area (Å²) in [6.45, 7) is 2.94. The van der Waals surface area contributed by atoms with E-state index >= 15 is 0 Å². The Morgan fingerprint density at radius 1 is 1.12 bits per heavy atom. The Labute approximate surface area is 206 Å². The number of methoxy groups -OCH3 is 1. The van der Waals surface area contributed by atoms with Gasteiger partial charge in [0.15, 0.2) is 0 Å². The molecule has 3 nitrogen and oxygen atoms in total. The van der Waals surface area contributed by atoms with Crippen molar-refractivity contribution in [3.05, 3.63) is 63.0 Å². The van der Waals surface area contributed by atoms with E-state index in [1.807, 2.05) is 6.07 Å². The van der Waals surface area contributed by atoms with Gasteiger partial charge in [-0.1, -0.05) is 0 Å². The summed E-state index contributed by atoms with van der Waals surface area (Å²) in [4.78, 5) is 12.5. The topological polar surface area (TPSA) is 30.8 Å². The molecule has 0 aromatic heterocycles. The first-order valence-electron chi connectivity index (χ1n) is 12.5. The maximum absolute atomic E-state index is 14.7. The molecule has 34 heavy (non-hydrogen) atoms. The molecule has 2 unspecified atom stereocenters. The average molecular weight is 566 g/mol. The quantitative estimate of drug-likeness (QED) is 0.351. The third kappa shape index (κ3) is 4.28. The number of hydrogen-bond donors (Lipinski definition) is 0. The molecule has 0 amide bonds. The monoisotopic (exact) mass is 567 g/mol. The number of benzene rings is 2. The van der Waals surface area contributed by atoms with E-state index < -0.39 is 18.4 Å². The molecule has 2 aromatic carbocycles. The number of aliphatic imine (C=N–C) groups is 1. The summed E-state index contributed by atoms with van der Waals surface area (Å²) in [6, 6.07) is 9.81. The van der Waals surface area contributed by atoms with Gasteiger partial charge in [-0.15, -0.1) is 0 Å². The minimum absolute atomic E-state index is 0.205. The zero-order valence-electron chi connectivity index (χ0n) is 20.9. The van der Waals surface area contributed by atoms with E-state index in [0.29, 0.717) is 5.75 Å². The van der Waals surface area contributed by atoms with Gasteiger partial charge in [-0.3, -0.25) is 0 Å². The number of halogens is 1. The Bertz CT molecular complexity index is 1220. The number of allylic oxidation sites excluding steroid dienone is 3. The SMILES string of the molecule is CCc1cc(OC)c(F)cc1-c1ccc2c(c1)C1=C[C]([Sn]([CH3])([CH3])[CH3])=CC(C3CCCCO3)C1=N2. The molecular weight excluding hydrogens is 532 g/mol. The molecule has 1 saturated heterocycles. The van der Waals surface area contributed by atoms with Crippen molar-refractivity contribution in [3.8, 4) is 16.9 Å². The number of hydrogen-bond acceptors (Lipinski definition) is 3. The van der Waals surface area contributed by atoms with Gasteiger partial charge in [0, 0.05) is 0 Å². The molecule has 0 N–H and O–H groups in total. The van der Waals surface area contributed by atoms with Crippen molar-refractivity contribution in [2.45, 2.75) is 53.5 Å². The second-order valence-corrected chi connectivity index (χ2v) is 25.1. The molecule has 0 spiro atoms. The first-order chi connectivity index (χ1) is 16.3. The van der Waals surface area contributed by atoms with Crippen LogP contribution in [0.5, 0.6) is 5.75 Å². The fraction of sp³-hybridized carbons (Fsp3) is 0.414. The van der Waals surface area contributed by atoms with Gasteiger partial charge in [0.1, 0.15) is 0 Å². The predicted molar refractivity (Wildman–Crippen MR) is 141 cm³/mol. The minimum atomic E-state index is -2.35. The van der Waals surface area contributed by atoms with E-state index in [4.69, 9.17) is 14.5 Å².